The maximum Gasteiger partial charge on any atom is 0.272 e. The third-order valence-electron chi connectivity index (χ3n) is 3.45. The molecule has 1 amide bonds. The van der Waals surface area contributed by atoms with Gasteiger partial charge in [-0.05, 0) is 25.1 Å². The second-order valence-electron chi connectivity index (χ2n) is 5.19. The van der Waals surface area contributed by atoms with Crippen molar-refractivity contribution in [3.63, 3.8) is 0 Å². The van der Waals surface area contributed by atoms with E-state index in [0.29, 0.717) is 17.2 Å². The van der Waals surface area contributed by atoms with Crippen molar-refractivity contribution in [2.45, 2.75) is 13.0 Å². The molecule has 0 saturated carbocycles. The van der Waals surface area contributed by atoms with Gasteiger partial charge in [-0.2, -0.15) is 0 Å². The SMILES string of the molecule is COc1ccc(NC(=O)C(C)Oc2ccc([N+](=O)[O-])cc2F)cc1OC. The van der Waals surface area contributed by atoms with Gasteiger partial charge in [-0.3, -0.25) is 14.9 Å². The second kappa shape index (κ2) is 8.15. The summed E-state index contributed by atoms with van der Waals surface area (Å²) in [5.41, 5.74) is 0.0320. The van der Waals surface area contributed by atoms with Gasteiger partial charge in [0.15, 0.2) is 29.2 Å². The van der Waals surface area contributed by atoms with Crippen LogP contribution in [0.25, 0.3) is 0 Å². The number of rotatable bonds is 7. The van der Waals surface area contributed by atoms with Crippen LogP contribution in [0, 0.1) is 15.9 Å². The molecular formula is C17H17FN2O6. The van der Waals surface area contributed by atoms with Gasteiger partial charge in [-0.15, -0.1) is 0 Å². The van der Waals surface area contributed by atoms with E-state index in [1.807, 2.05) is 0 Å². The summed E-state index contributed by atoms with van der Waals surface area (Å²) in [5.74, 6) is -0.784. The highest BCUT2D eigenvalue weighted by molar-refractivity contribution is 5.94. The van der Waals surface area contributed by atoms with E-state index in [1.165, 1.54) is 21.1 Å². The number of hydrogen-bond donors (Lipinski definition) is 1. The fourth-order valence-electron chi connectivity index (χ4n) is 2.10. The molecule has 0 aliphatic rings. The number of nitro benzene ring substituents is 1. The summed E-state index contributed by atoms with van der Waals surface area (Å²) < 4.78 is 29.4. The number of methoxy groups -OCH3 is 2. The molecule has 0 aliphatic carbocycles. The van der Waals surface area contributed by atoms with Crippen LogP contribution >= 0.6 is 0 Å². The Morgan fingerprint density at radius 3 is 2.35 bits per heavy atom. The first-order chi connectivity index (χ1) is 12.3. The first-order valence-corrected chi connectivity index (χ1v) is 7.49. The molecule has 0 aliphatic heterocycles. The Bertz CT molecular complexity index is 827. The number of carbonyl (C=O) groups is 1. The number of ether oxygens (including phenoxy) is 3. The third-order valence-corrected chi connectivity index (χ3v) is 3.45. The summed E-state index contributed by atoms with van der Waals surface area (Å²) in [6.07, 6.45) is -1.04. The zero-order valence-corrected chi connectivity index (χ0v) is 14.3. The lowest BCUT2D eigenvalue weighted by atomic mass is 10.2. The number of halogens is 1. The average molecular weight is 364 g/mol. The van der Waals surface area contributed by atoms with Crippen LogP contribution in [0.3, 0.4) is 0 Å². The lowest BCUT2D eigenvalue weighted by Gasteiger charge is -2.16. The van der Waals surface area contributed by atoms with Crippen molar-refractivity contribution in [1.29, 1.82) is 0 Å². The van der Waals surface area contributed by atoms with Crippen LogP contribution in [0.2, 0.25) is 0 Å². The van der Waals surface area contributed by atoms with Gasteiger partial charge in [0, 0.05) is 17.8 Å². The zero-order valence-electron chi connectivity index (χ0n) is 14.3. The third kappa shape index (κ3) is 4.38. The van der Waals surface area contributed by atoms with Crippen LogP contribution in [-0.2, 0) is 4.79 Å². The van der Waals surface area contributed by atoms with Crippen molar-refractivity contribution in [1.82, 2.24) is 0 Å². The summed E-state index contributed by atoms with van der Waals surface area (Å²) in [6, 6.07) is 7.73. The lowest BCUT2D eigenvalue weighted by molar-refractivity contribution is -0.385. The van der Waals surface area contributed by atoms with Gasteiger partial charge in [-0.25, -0.2) is 4.39 Å². The summed E-state index contributed by atoms with van der Waals surface area (Å²) in [4.78, 5) is 22.1. The van der Waals surface area contributed by atoms with Crippen LogP contribution in [0.5, 0.6) is 17.2 Å². The van der Waals surface area contributed by atoms with Crippen LogP contribution in [-0.4, -0.2) is 31.2 Å². The molecule has 0 spiro atoms. The first-order valence-electron chi connectivity index (χ1n) is 7.49. The molecule has 0 aromatic heterocycles. The van der Waals surface area contributed by atoms with Gasteiger partial charge in [0.25, 0.3) is 11.6 Å². The summed E-state index contributed by atoms with van der Waals surface area (Å²) in [6.45, 7) is 1.43. The minimum atomic E-state index is -1.04. The first kappa shape index (κ1) is 19.0. The number of nitrogens with one attached hydrogen (secondary N) is 1. The number of benzene rings is 2. The molecule has 1 unspecified atom stereocenters. The van der Waals surface area contributed by atoms with Crippen molar-refractivity contribution in [3.05, 3.63) is 52.3 Å². The number of anilines is 1. The Kier molecular flexibility index (Phi) is 5.94. The van der Waals surface area contributed by atoms with Crippen LogP contribution < -0.4 is 19.5 Å². The highest BCUT2D eigenvalue weighted by Gasteiger charge is 2.19. The average Bonchev–Trinajstić information content (AvgIpc) is 2.62. The number of hydrogen-bond acceptors (Lipinski definition) is 6. The quantitative estimate of drug-likeness (QED) is 0.598. The van der Waals surface area contributed by atoms with Gasteiger partial charge in [0.05, 0.1) is 25.2 Å². The topological polar surface area (TPSA) is 99.9 Å². The molecule has 8 nitrogen and oxygen atoms in total. The van der Waals surface area contributed by atoms with E-state index in [2.05, 4.69) is 5.32 Å². The number of carbonyl (C=O) groups excluding carboxylic acids is 1. The molecule has 0 radical (unpaired) electrons. The molecule has 2 aromatic rings. The van der Waals surface area contributed by atoms with Crippen molar-refractivity contribution in [3.8, 4) is 17.2 Å². The van der Waals surface area contributed by atoms with E-state index in [-0.39, 0.29) is 5.75 Å². The van der Waals surface area contributed by atoms with Crippen molar-refractivity contribution in [2.75, 3.05) is 19.5 Å². The largest absolute Gasteiger partial charge is 0.493 e. The highest BCUT2D eigenvalue weighted by Crippen LogP contribution is 2.30. The molecule has 1 atom stereocenters. The fraction of sp³-hybridized carbons (Fsp3) is 0.235. The Morgan fingerprint density at radius 2 is 1.77 bits per heavy atom. The molecule has 2 aromatic carbocycles. The predicted octanol–water partition coefficient (Wildman–Crippen LogP) is 3.16. The predicted molar refractivity (Wildman–Crippen MR) is 91.3 cm³/mol. The molecule has 26 heavy (non-hydrogen) atoms. The number of non-ortho nitro benzene ring substituents is 1. The normalized spacial score (nSPS) is 11.4. The molecule has 0 saturated heterocycles. The van der Waals surface area contributed by atoms with Crippen molar-refractivity contribution < 1.29 is 28.3 Å². The monoisotopic (exact) mass is 364 g/mol. The van der Waals surface area contributed by atoms with E-state index in [9.17, 15) is 19.3 Å². The molecule has 9 heteroatoms. The number of nitrogens with zero attached hydrogens (tertiary/aromatic N) is 1. The van der Waals surface area contributed by atoms with E-state index in [4.69, 9.17) is 14.2 Å². The van der Waals surface area contributed by atoms with E-state index >= 15 is 0 Å². The molecule has 138 valence electrons. The van der Waals surface area contributed by atoms with Crippen LogP contribution in [0.1, 0.15) is 6.92 Å². The summed E-state index contributed by atoms with van der Waals surface area (Å²) >= 11 is 0. The van der Waals surface area contributed by atoms with E-state index in [1.54, 1.807) is 18.2 Å². The summed E-state index contributed by atoms with van der Waals surface area (Å²) in [7, 11) is 2.96. The number of nitro groups is 1. The second-order valence-corrected chi connectivity index (χ2v) is 5.19. The molecule has 0 fully saturated rings. The Labute approximate surface area is 148 Å². The van der Waals surface area contributed by atoms with Crippen LogP contribution in [0.4, 0.5) is 15.8 Å². The summed E-state index contributed by atoms with van der Waals surface area (Å²) in [5, 5.41) is 13.2. The standard InChI is InChI=1S/C17H17FN2O6/c1-10(26-14-7-5-12(20(22)23)9-13(14)18)17(21)19-11-4-6-15(24-2)16(8-11)25-3/h4-10H,1-3H3,(H,19,21). The van der Waals surface area contributed by atoms with Gasteiger partial charge < -0.3 is 19.5 Å². The van der Waals surface area contributed by atoms with E-state index in [0.717, 1.165) is 18.2 Å². The van der Waals surface area contributed by atoms with Gasteiger partial charge in [-0.1, -0.05) is 0 Å². The molecule has 1 N–H and O–H groups in total. The minimum Gasteiger partial charge on any atom is -0.493 e. The van der Waals surface area contributed by atoms with Crippen molar-refractivity contribution in [2.24, 2.45) is 0 Å². The molecular weight excluding hydrogens is 347 g/mol. The molecule has 2 rings (SSSR count). The Morgan fingerprint density at radius 1 is 1.12 bits per heavy atom. The molecule has 0 heterocycles. The Hall–Kier alpha value is -3.36. The molecule has 0 bridgehead atoms. The van der Waals surface area contributed by atoms with Crippen LogP contribution in [0.15, 0.2) is 36.4 Å². The highest BCUT2D eigenvalue weighted by atomic mass is 19.1. The zero-order chi connectivity index (χ0) is 19.3. The van der Waals surface area contributed by atoms with Gasteiger partial charge in [0.2, 0.25) is 0 Å². The maximum absolute atomic E-state index is 13.9. The van der Waals surface area contributed by atoms with Gasteiger partial charge >= 0.3 is 0 Å². The number of amides is 1. The minimum absolute atomic E-state index is 0.259. The van der Waals surface area contributed by atoms with Gasteiger partial charge in [0.1, 0.15) is 0 Å². The smallest absolute Gasteiger partial charge is 0.272 e. The Balaban J connectivity index is 2.07. The van der Waals surface area contributed by atoms with Crippen molar-refractivity contribution >= 4 is 17.3 Å². The maximum atomic E-state index is 13.9. The van der Waals surface area contributed by atoms with E-state index < -0.39 is 28.4 Å². The fourth-order valence-corrected chi connectivity index (χ4v) is 2.10. The lowest BCUT2D eigenvalue weighted by Crippen LogP contribution is -2.30.